The molecule has 0 bridgehead atoms. The Balaban J connectivity index is 1.73. The molecule has 0 radical (unpaired) electrons. The van der Waals surface area contributed by atoms with Crippen molar-refractivity contribution in [1.29, 1.82) is 0 Å². The maximum atomic E-state index is 9.66. The summed E-state index contributed by atoms with van der Waals surface area (Å²) >= 11 is 6.04. The summed E-state index contributed by atoms with van der Waals surface area (Å²) in [6, 6.07) is 14.1. The van der Waals surface area contributed by atoms with Crippen LogP contribution in [-0.2, 0) is 13.1 Å². The lowest BCUT2D eigenvalue weighted by Crippen LogP contribution is -2.32. The Kier molecular flexibility index (Phi) is 5.34. The van der Waals surface area contributed by atoms with Crippen LogP contribution in [0.3, 0.4) is 0 Å². The summed E-state index contributed by atoms with van der Waals surface area (Å²) in [7, 11) is 1.68. The molecule has 1 atom stereocenters. The van der Waals surface area contributed by atoms with Crippen LogP contribution in [0.1, 0.15) is 24.2 Å². The number of halogens is 1. The van der Waals surface area contributed by atoms with Crippen molar-refractivity contribution >= 4 is 22.6 Å². The highest BCUT2D eigenvalue weighted by molar-refractivity contribution is 6.30. The van der Waals surface area contributed by atoms with E-state index < -0.39 is 0 Å². The van der Waals surface area contributed by atoms with Gasteiger partial charge in [-0.05, 0) is 49.2 Å². The number of rotatable bonds is 6. The summed E-state index contributed by atoms with van der Waals surface area (Å²) in [5.74, 6) is 1.83. The van der Waals surface area contributed by atoms with Gasteiger partial charge >= 0.3 is 0 Å². The van der Waals surface area contributed by atoms with Crippen molar-refractivity contribution in [1.82, 2.24) is 14.5 Å². The summed E-state index contributed by atoms with van der Waals surface area (Å²) in [5.41, 5.74) is 3.18. The molecule has 0 spiro atoms. The van der Waals surface area contributed by atoms with E-state index in [9.17, 15) is 5.11 Å². The van der Waals surface area contributed by atoms with Crippen LogP contribution in [0.15, 0.2) is 42.5 Å². The van der Waals surface area contributed by atoms with Gasteiger partial charge in [0.05, 0.1) is 31.3 Å². The second-order valence-corrected chi connectivity index (χ2v) is 7.48. The minimum Gasteiger partial charge on any atom is -0.497 e. The third kappa shape index (κ3) is 3.81. The summed E-state index contributed by atoms with van der Waals surface area (Å²) in [4.78, 5) is 7.22. The van der Waals surface area contributed by atoms with Gasteiger partial charge in [0.15, 0.2) is 0 Å². The third-order valence-electron chi connectivity index (χ3n) is 5.34. The predicted octanol–water partition coefficient (Wildman–Crippen LogP) is 3.70. The highest BCUT2D eigenvalue weighted by atomic mass is 35.5. The molecule has 1 saturated heterocycles. The molecule has 1 aliphatic rings. The van der Waals surface area contributed by atoms with Gasteiger partial charge in [0.25, 0.3) is 0 Å². The van der Waals surface area contributed by atoms with Crippen LogP contribution in [0.5, 0.6) is 5.75 Å². The average Bonchev–Trinajstić information content (AvgIpc) is 3.27. The second-order valence-electron chi connectivity index (χ2n) is 7.04. The number of benzene rings is 2. The fourth-order valence-electron chi connectivity index (χ4n) is 3.84. The van der Waals surface area contributed by atoms with Crippen LogP contribution < -0.4 is 4.74 Å². The van der Waals surface area contributed by atoms with Crippen LogP contribution >= 0.6 is 11.6 Å². The fourth-order valence-corrected chi connectivity index (χ4v) is 3.97. The number of aromatic nitrogens is 2. The van der Waals surface area contributed by atoms with Crippen molar-refractivity contribution in [3.63, 3.8) is 0 Å². The van der Waals surface area contributed by atoms with Crippen LogP contribution in [0.25, 0.3) is 11.0 Å². The van der Waals surface area contributed by atoms with Gasteiger partial charge in [-0.25, -0.2) is 4.98 Å². The number of fused-ring (bicyclic) bond motifs is 1. The Morgan fingerprint density at radius 3 is 2.74 bits per heavy atom. The van der Waals surface area contributed by atoms with E-state index in [2.05, 4.69) is 9.47 Å². The quantitative estimate of drug-likeness (QED) is 0.702. The average molecular weight is 386 g/mol. The molecule has 0 amide bonds. The Bertz CT molecular complexity index is 923. The molecule has 2 aromatic carbocycles. The van der Waals surface area contributed by atoms with Crippen molar-refractivity contribution in [3.05, 3.63) is 58.9 Å². The third-order valence-corrected chi connectivity index (χ3v) is 5.59. The molecule has 1 N–H and O–H groups in total. The first-order chi connectivity index (χ1) is 13.2. The lowest BCUT2D eigenvalue weighted by Gasteiger charge is -2.22. The van der Waals surface area contributed by atoms with Gasteiger partial charge in [0.1, 0.15) is 11.6 Å². The highest BCUT2D eigenvalue weighted by Crippen LogP contribution is 2.26. The summed E-state index contributed by atoms with van der Waals surface area (Å²) < 4.78 is 7.66. The first kappa shape index (κ1) is 18.3. The molecular formula is C21H24ClN3O2. The number of hydrogen-bond acceptors (Lipinski definition) is 4. The van der Waals surface area contributed by atoms with E-state index in [1.54, 1.807) is 7.11 Å². The van der Waals surface area contributed by atoms with Crippen LogP contribution in [0, 0.1) is 0 Å². The molecule has 1 aromatic heterocycles. The molecule has 142 valence electrons. The topological polar surface area (TPSA) is 50.5 Å². The summed E-state index contributed by atoms with van der Waals surface area (Å²) in [5, 5.41) is 10.4. The lowest BCUT2D eigenvalue weighted by molar-refractivity contribution is 0.150. The van der Waals surface area contributed by atoms with E-state index in [1.165, 1.54) is 5.56 Å². The summed E-state index contributed by atoms with van der Waals surface area (Å²) in [6.45, 7) is 2.65. The number of hydrogen-bond donors (Lipinski definition) is 1. The first-order valence-corrected chi connectivity index (χ1v) is 9.68. The molecule has 5 nitrogen and oxygen atoms in total. The molecule has 4 rings (SSSR count). The van der Waals surface area contributed by atoms with Gasteiger partial charge < -0.3 is 14.4 Å². The number of aliphatic hydroxyl groups excluding tert-OH is 1. The van der Waals surface area contributed by atoms with Crippen molar-refractivity contribution in [2.24, 2.45) is 0 Å². The van der Waals surface area contributed by atoms with Gasteiger partial charge in [0.2, 0.25) is 0 Å². The van der Waals surface area contributed by atoms with Gasteiger partial charge in [0, 0.05) is 23.7 Å². The molecule has 6 heteroatoms. The van der Waals surface area contributed by atoms with E-state index in [-0.39, 0.29) is 12.6 Å². The van der Waals surface area contributed by atoms with Gasteiger partial charge in [-0.3, -0.25) is 4.90 Å². The molecular weight excluding hydrogens is 362 g/mol. The smallest absolute Gasteiger partial charge is 0.124 e. The maximum Gasteiger partial charge on any atom is 0.124 e. The van der Waals surface area contributed by atoms with Gasteiger partial charge in [-0.1, -0.05) is 23.7 Å². The molecule has 1 fully saturated rings. The van der Waals surface area contributed by atoms with Crippen LogP contribution in [-0.4, -0.2) is 45.9 Å². The Morgan fingerprint density at radius 2 is 2.00 bits per heavy atom. The minimum atomic E-state index is 0.200. The zero-order chi connectivity index (χ0) is 18.8. The monoisotopic (exact) mass is 385 g/mol. The maximum absolute atomic E-state index is 9.66. The van der Waals surface area contributed by atoms with E-state index in [0.717, 1.165) is 53.6 Å². The SMILES string of the molecule is COc1ccc2nc(CN3CCC[C@H]3CO)n(Cc3ccc(Cl)cc3)c2c1. The zero-order valence-corrected chi connectivity index (χ0v) is 16.2. The molecule has 0 aliphatic carbocycles. The van der Waals surface area contributed by atoms with Crippen LogP contribution in [0.4, 0.5) is 0 Å². The van der Waals surface area contributed by atoms with E-state index in [4.69, 9.17) is 21.3 Å². The first-order valence-electron chi connectivity index (χ1n) is 9.30. The van der Waals surface area contributed by atoms with Gasteiger partial charge in [-0.2, -0.15) is 0 Å². The van der Waals surface area contributed by atoms with Crippen LogP contribution in [0.2, 0.25) is 5.02 Å². The van der Waals surface area contributed by atoms with Crippen molar-refractivity contribution < 1.29 is 9.84 Å². The van der Waals surface area contributed by atoms with Crippen molar-refractivity contribution in [2.75, 3.05) is 20.3 Å². The Labute approximate surface area is 164 Å². The number of aliphatic hydroxyl groups is 1. The number of nitrogens with zero attached hydrogens (tertiary/aromatic N) is 3. The Morgan fingerprint density at radius 1 is 1.19 bits per heavy atom. The van der Waals surface area contributed by atoms with Gasteiger partial charge in [-0.15, -0.1) is 0 Å². The normalized spacial score (nSPS) is 17.7. The molecule has 1 aliphatic heterocycles. The largest absolute Gasteiger partial charge is 0.497 e. The number of likely N-dealkylation sites (tertiary alicyclic amines) is 1. The number of ether oxygens (including phenoxy) is 1. The minimum absolute atomic E-state index is 0.200. The molecule has 0 unspecified atom stereocenters. The second kappa shape index (κ2) is 7.89. The van der Waals surface area contributed by atoms with E-state index in [0.29, 0.717) is 6.54 Å². The van der Waals surface area contributed by atoms with E-state index >= 15 is 0 Å². The number of imidazole rings is 1. The lowest BCUT2D eigenvalue weighted by atomic mass is 10.2. The molecule has 3 aromatic rings. The molecule has 27 heavy (non-hydrogen) atoms. The van der Waals surface area contributed by atoms with Crippen molar-refractivity contribution in [3.8, 4) is 5.75 Å². The fraction of sp³-hybridized carbons (Fsp3) is 0.381. The standard InChI is InChI=1S/C21H24ClN3O2/c1-27-18-8-9-19-20(11-18)25(12-15-4-6-16(22)7-5-15)21(23-19)13-24-10-2-3-17(24)14-26/h4-9,11,17,26H,2-3,10,12-14H2,1H3/t17-/m0/s1. The Hall–Kier alpha value is -2.08. The van der Waals surface area contributed by atoms with Crippen molar-refractivity contribution in [2.45, 2.75) is 32.0 Å². The number of methoxy groups -OCH3 is 1. The summed E-state index contributed by atoms with van der Waals surface area (Å²) in [6.07, 6.45) is 2.16. The molecule has 2 heterocycles. The van der Waals surface area contributed by atoms with E-state index in [1.807, 2.05) is 42.5 Å². The zero-order valence-electron chi connectivity index (χ0n) is 15.4. The highest BCUT2D eigenvalue weighted by Gasteiger charge is 2.25. The predicted molar refractivity (Wildman–Crippen MR) is 107 cm³/mol. The molecule has 0 saturated carbocycles.